The minimum atomic E-state index is -0.253. The summed E-state index contributed by atoms with van der Waals surface area (Å²) in [6, 6.07) is 3.80. The molecule has 2 amide bonds. The molecule has 0 N–H and O–H groups in total. The number of nitrogens with zero attached hydrogens (tertiary/aromatic N) is 4. The molecule has 7 heteroatoms. The molecular weight excluding hydrogens is 336 g/mol. The topological polar surface area (TPSA) is 66.4 Å². The van der Waals surface area contributed by atoms with Crippen LogP contribution in [0.3, 0.4) is 0 Å². The van der Waals surface area contributed by atoms with Crippen molar-refractivity contribution in [3.05, 3.63) is 46.2 Å². The summed E-state index contributed by atoms with van der Waals surface area (Å²) in [7, 11) is 1.81. The van der Waals surface area contributed by atoms with Gasteiger partial charge in [-0.25, -0.2) is 4.98 Å². The molecule has 2 aromatic heterocycles. The van der Waals surface area contributed by atoms with E-state index in [9.17, 15) is 9.59 Å². The Morgan fingerprint density at radius 2 is 2.32 bits per heavy atom. The lowest BCUT2D eigenvalue weighted by molar-refractivity contribution is -0.134. The molecule has 25 heavy (non-hydrogen) atoms. The molecule has 2 aromatic rings. The number of hydrogen-bond donors (Lipinski definition) is 0. The molecule has 1 aliphatic rings. The van der Waals surface area contributed by atoms with Crippen LogP contribution in [0.25, 0.3) is 0 Å². The van der Waals surface area contributed by atoms with Gasteiger partial charge in [0, 0.05) is 56.8 Å². The molecule has 6 nitrogen and oxygen atoms in total. The molecule has 0 radical (unpaired) electrons. The zero-order chi connectivity index (χ0) is 17.8. The van der Waals surface area contributed by atoms with Gasteiger partial charge in [0.15, 0.2) is 0 Å². The van der Waals surface area contributed by atoms with E-state index in [2.05, 4.69) is 9.97 Å². The molecule has 0 bridgehead atoms. The van der Waals surface area contributed by atoms with Crippen molar-refractivity contribution >= 4 is 23.2 Å². The highest BCUT2D eigenvalue weighted by molar-refractivity contribution is 7.09. The van der Waals surface area contributed by atoms with Gasteiger partial charge in [0.05, 0.1) is 17.1 Å². The fraction of sp³-hybridized carbons (Fsp3) is 0.444. The summed E-state index contributed by atoms with van der Waals surface area (Å²) in [5.41, 5.74) is 3.85. The van der Waals surface area contributed by atoms with Crippen LogP contribution >= 0.6 is 11.3 Å². The summed E-state index contributed by atoms with van der Waals surface area (Å²) < 4.78 is 0. The number of hydrogen-bond acceptors (Lipinski definition) is 5. The van der Waals surface area contributed by atoms with E-state index in [0.717, 1.165) is 17.7 Å². The molecule has 132 valence electrons. The third-order valence-corrected chi connectivity index (χ3v) is 5.55. The lowest BCUT2D eigenvalue weighted by Gasteiger charge is -2.21. The van der Waals surface area contributed by atoms with Crippen LogP contribution < -0.4 is 0 Å². The lowest BCUT2D eigenvalue weighted by atomic mass is 10.1. The van der Waals surface area contributed by atoms with Crippen molar-refractivity contribution < 1.29 is 9.59 Å². The van der Waals surface area contributed by atoms with Crippen molar-refractivity contribution in [3.63, 3.8) is 0 Å². The second-order valence-corrected chi connectivity index (χ2v) is 7.35. The van der Waals surface area contributed by atoms with E-state index in [4.69, 9.17) is 0 Å². The minimum Gasteiger partial charge on any atom is -0.345 e. The first kappa shape index (κ1) is 17.5. The van der Waals surface area contributed by atoms with Gasteiger partial charge in [0.1, 0.15) is 0 Å². The zero-order valence-electron chi connectivity index (χ0n) is 14.5. The van der Waals surface area contributed by atoms with Gasteiger partial charge in [-0.15, -0.1) is 11.3 Å². The highest BCUT2D eigenvalue weighted by Crippen LogP contribution is 2.22. The third-order valence-electron chi connectivity index (χ3n) is 4.56. The number of amides is 2. The Morgan fingerprint density at radius 1 is 1.48 bits per heavy atom. The van der Waals surface area contributed by atoms with E-state index < -0.39 is 0 Å². The second-order valence-electron chi connectivity index (χ2n) is 6.41. The molecule has 0 spiro atoms. The summed E-state index contributed by atoms with van der Waals surface area (Å²) in [6.07, 6.45) is 4.56. The number of rotatable bonds is 6. The number of carbonyl (C=O) groups excluding carboxylic acids is 2. The number of likely N-dealkylation sites (N-methyl/N-ethyl adjacent to an activating group) is 1. The van der Waals surface area contributed by atoms with Gasteiger partial charge in [-0.3, -0.25) is 14.6 Å². The molecule has 3 heterocycles. The van der Waals surface area contributed by atoms with Crippen LogP contribution in [0.5, 0.6) is 0 Å². The Hall–Kier alpha value is -2.28. The third kappa shape index (κ3) is 4.22. The molecule has 0 unspecified atom stereocenters. The number of pyridine rings is 1. The smallest absolute Gasteiger partial charge is 0.227 e. The molecular formula is C18H22N4O2S. The van der Waals surface area contributed by atoms with Crippen LogP contribution in [-0.2, 0) is 22.6 Å². The van der Waals surface area contributed by atoms with Crippen molar-refractivity contribution in [2.45, 2.75) is 26.3 Å². The Bertz CT molecular complexity index is 747. The lowest BCUT2D eigenvalue weighted by Crippen LogP contribution is -2.35. The van der Waals surface area contributed by atoms with Gasteiger partial charge in [0.25, 0.3) is 0 Å². The summed E-state index contributed by atoms with van der Waals surface area (Å²) in [6.45, 7) is 3.63. The summed E-state index contributed by atoms with van der Waals surface area (Å²) in [5, 5.41) is 0. The van der Waals surface area contributed by atoms with Gasteiger partial charge in [0.2, 0.25) is 11.8 Å². The standard InChI is InChI=1S/C18H22N4O2S/c1-13-16(25-12-20-13)5-7-21(2)18(24)15-8-17(23)22(11-15)10-14-4-3-6-19-9-14/h3-4,6,9,12,15H,5,7-8,10-11H2,1-2H3/t15-/m0/s1. The zero-order valence-corrected chi connectivity index (χ0v) is 15.3. The average Bonchev–Trinajstić information content (AvgIpc) is 3.19. The van der Waals surface area contributed by atoms with E-state index in [1.54, 1.807) is 33.5 Å². The fourth-order valence-electron chi connectivity index (χ4n) is 3.06. The molecule has 0 saturated carbocycles. The number of aryl methyl sites for hydroxylation is 1. The van der Waals surface area contributed by atoms with Gasteiger partial charge < -0.3 is 9.80 Å². The monoisotopic (exact) mass is 358 g/mol. The summed E-state index contributed by atoms with van der Waals surface area (Å²) >= 11 is 1.62. The first-order valence-corrected chi connectivity index (χ1v) is 9.23. The number of likely N-dealkylation sites (tertiary alicyclic amines) is 1. The van der Waals surface area contributed by atoms with E-state index in [1.807, 2.05) is 31.6 Å². The highest BCUT2D eigenvalue weighted by atomic mass is 32.1. The average molecular weight is 358 g/mol. The first-order chi connectivity index (χ1) is 12.0. The quantitative estimate of drug-likeness (QED) is 0.791. The molecule has 3 rings (SSSR count). The predicted octanol–water partition coefficient (Wildman–Crippen LogP) is 1.90. The second kappa shape index (κ2) is 7.74. The van der Waals surface area contributed by atoms with Gasteiger partial charge in [-0.2, -0.15) is 0 Å². The number of aromatic nitrogens is 2. The van der Waals surface area contributed by atoms with Crippen molar-refractivity contribution in [1.29, 1.82) is 0 Å². The highest BCUT2D eigenvalue weighted by Gasteiger charge is 2.35. The van der Waals surface area contributed by atoms with Gasteiger partial charge >= 0.3 is 0 Å². The maximum Gasteiger partial charge on any atom is 0.227 e. The minimum absolute atomic E-state index is 0.0360. The summed E-state index contributed by atoms with van der Waals surface area (Å²) in [4.78, 5) is 37.9. The molecule has 1 atom stereocenters. The van der Waals surface area contributed by atoms with E-state index >= 15 is 0 Å². The maximum absolute atomic E-state index is 12.7. The molecule has 1 saturated heterocycles. The maximum atomic E-state index is 12.7. The van der Waals surface area contributed by atoms with Crippen LogP contribution in [0, 0.1) is 12.8 Å². The van der Waals surface area contributed by atoms with Crippen LogP contribution in [0.2, 0.25) is 0 Å². The fourth-order valence-corrected chi connectivity index (χ4v) is 3.83. The first-order valence-electron chi connectivity index (χ1n) is 8.35. The van der Waals surface area contributed by atoms with Crippen molar-refractivity contribution in [1.82, 2.24) is 19.8 Å². The normalized spacial score (nSPS) is 17.1. The SMILES string of the molecule is Cc1ncsc1CCN(C)C(=O)[C@H]1CC(=O)N(Cc2cccnc2)C1. The van der Waals surface area contributed by atoms with Crippen LogP contribution in [0.1, 0.15) is 22.6 Å². The molecule has 0 aromatic carbocycles. The molecule has 1 fully saturated rings. The summed E-state index contributed by atoms with van der Waals surface area (Å²) in [5.74, 6) is -0.171. The Morgan fingerprint density at radius 3 is 3.00 bits per heavy atom. The number of thiazole rings is 1. The molecule has 1 aliphatic heterocycles. The van der Waals surface area contributed by atoms with Crippen molar-refractivity contribution in [3.8, 4) is 0 Å². The largest absolute Gasteiger partial charge is 0.345 e. The van der Waals surface area contributed by atoms with E-state index in [-0.39, 0.29) is 17.7 Å². The van der Waals surface area contributed by atoms with Crippen LogP contribution in [0.4, 0.5) is 0 Å². The Labute approximate surface area is 151 Å². The van der Waals surface area contributed by atoms with Crippen LogP contribution in [-0.4, -0.2) is 51.7 Å². The van der Waals surface area contributed by atoms with E-state index in [1.165, 1.54) is 4.88 Å². The van der Waals surface area contributed by atoms with Crippen LogP contribution in [0.15, 0.2) is 30.0 Å². The Balaban J connectivity index is 1.54. The van der Waals surface area contributed by atoms with E-state index in [0.29, 0.717) is 26.1 Å². The molecule has 0 aliphatic carbocycles. The van der Waals surface area contributed by atoms with Crippen molar-refractivity contribution in [2.24, 2.45) is 5.92 Å². The van der Waals surface area contributed by atoms with Gasteiger partial charge in [-0.1, -0.05) is 6.07 Å². The van der Waals surface area contributed by atoms with Gasteiger partial charge in [-0.05, 0) is 18.6 Å². The number of carbonyl (C=O) groups is 2. The Kier molecular flexibility index (Phi) is 5.43. The van der Waals surface area contributed by atoms with Crippen molar-refractivity contribution in [2.75, 3.05) is 20.1 Å². The predicted molar refractivity (Wildman–Crippen MR) is 96.0 cm³/mol.